The quantitative estimate of drug-likeness (QED) is 0.390. The second kappa shape index (κ2) is 6.19. The second-order valence-electron chi connectivity index (χ2n) is 3.43. The Bertz CT molecular complexity index is 268. The maximum absolute atomic E-state index is 10.8. The Hall–Kier alpha value is -1.31. The van der Waals surface area contributed by atoms with Crippen molar-refractivity contribution in [3.8, 4) is 0 Å². The van der Waals surface area contributed by atoms with E-state index in [0.717, 1.165) is 11.1 Å². The van der Waals surface area contributed by atoms with Crippen molar-refractivity contribution in [2.24, 2.45) is 0 Å². The van der Waals surface area contributed by atoms with Crippen molar-refractivity contribution < 1.29 is 9.53 Å². The summed E-state index contributed by atoms with van der Waals surface area (Å²) in [5.41, 5.74) is 2.11. The third-order valence-corrected chi connectivity index (χ3v) is 1.55. The number of hydrogen-bond donors (Lipinski definition) is 0. The molecule has 0 aliphatic heterocycles. The minimum Gasteiger partial charge on any atom is -0.454 e. The van der Waals surface area contributed by atoms with Crippen molar-refractivity contribution in [3.05, 3.63) is 36.0 Å². The van der Waals surface area contributed by atoms with Crippen LogP contribution in [0.15, 0.2) is 36.0 Å². The van der Waals surface area contributed by atoms with Crippen LogP contribution in [0.1, 0.15) is 27.7 Å². The SMILES string of the molecule is C=C/C(C)=C/C(C=C(C)C)OC(C)=O. The molecule has 0 aromatic heterocycles. The smallest absolute Gasteiger partial charge is 0.303 e. The highest BCUT2D eigenvalue weighted by Gasteiger charge is 2.04. The van der Waals surface area contributed by atoms with Crippen LogP contribution in [-0.4, -0.2) is 12.1 Å². The monoisotopic (exact) mass is 194 g/mol. The van der Waals surface area contributed by atoms with Crippen LogP contribution in [0.4, 0.5) is 0 Å². The van der Waals surface area contributed by atoms with Crippen molar-refractivity contribution in [3.63, 3.8) is 0 Å². The lowest BCUT2D eigenvalue weighted by molar-refractivity contribution is -0.142. The van der Waals surface area contributed by atoms with Gasteiger partial charge in [0.1, 0.15) is 6.10 Å². The van der Waals surface area contributed by atoms with E-state index in [0.29, 0.717) is 0 Å². The molecular formula is C12H18O2. The Balaban J connectivity index is 4.64. The minimum absolute atomic E-state index is 0.277. The van der Waals surface area contributed by atoms with E-state index in [1.807, 2.05) is 32.9 Å². The van der Waals surface area contributed by atoms with E-state index in [9.17, 15) is 4.79 Å². The maximum atomic E-state index is 10.8. The molecule has 0 radical (unpaired) electrons. The van der Waals surface area contributed by atoms with Crippen LogP contribution in [0.25, 0.3) is 0 Å². The van der Waals surface area contributed by atoms with Crippen LogP contribution in [0, 0.1) is 0 Å². The van der Waals surface area contributed by atoms with E-state index in [-0.39, 0.29) is 12.1 Å². The summed E-state index contributed by atoms with van der Waals surface area (Å²) in [6.45, 7) is 10.9. The van der Waals surface area contributed by atoms with Crippen LogP contribution < -0.4 is 0 Å². The van der Waals surface area contributed by atoms with Gasteiger partial charge >= 0.3 is 5.97 Å². The molecule has 0 fully saturated rings. The minimum atomic E-state index is -0.282. The molecule has 0 aromatic rings. The molecule has 0 saturated heterocycles. The molecule has 0 N–H and O–H groups in total. The molecule has 1 atom stereocenters. The molecule has 0 saturated carbocycles. The first kappa shape index (κ1) is 12.7. The first-order chi connectivity index (χ1) is 6.45. The van der Waals surface area contributed by atoms with Gasteiger partial charge in [-0.05, 0) is 32.9 Å². The third kappa shape index (κ3) is 6.23. The van der Waals surface area contributed by atoms with Crippen molar-refractivity contribution in [2.45, 2.75) is 33.8 Å². The lowest BCUT2D eigenvalue weighted by atomic mass is 10.1. The van der Waals surface area contributed by atoms with Crippen molar-refractivity contribution in [2.75, 3.05) is 0 Å². The predicted molar refractivity (Wildman–Crippen MR) is 58.9 cm³/mol. The standard InChI is InChI=1S/C12H18O2/c1-6-10(4)8-12(7-9(2)3)14-11(5)13/h6-8,12H,1H2,2-5H3/b10-8+. The lowest BCUT2D eigenvalue weighted by Crippen LogP contribution is -2.11. The summed E-state index contributed by atoms with van der Waals surface area (Å²) >= 11 is 0. The average molecular weight is 194 g/mol. The topological polar surface area (TPSA) is 26.3 Å². The van der Waals surface area contributed by atoms with Gasteiger partial charge in [-0.3, -0.25) is 4.79 Å². The molecule has 0 aliphatic rings. The summed E-state index contributed by atoms with van der Waals surface area (Å²) in [5, 5.41) is 0. The normalized spacial score (nSPS) is 13.0. The number of esters is 1. The number of ether oxygens (including phenoxy) is 1. The Morgan fingerprint density at radius 2 is 1.79 bits per heavy atom. The van der Waals surface area contributed by atoms with Gasteiger partial charge in [0, 0.05) is 6.92 Å². The molecule has 0 spiro atoms. The van der Waals surface area contributed by atoms with Crippen molar-refractivity contribution in [1.29, 1.82) is 0 Å². The molecule has 1 unspecified atom stereocenters. The molecule has 0 amide bonds. The molecule has 0 aliphatic carbocycles. The first-order valence-corrected chi connectivity index (χ1v) is 4.58. The van der Waals surface area contributed by atoms with E-state index in [1.54, 1.807) is 6.08 Å². The molecular weight excluding hydrogens is 176 g/mol. The van der Waals surface area contributed by atoms with Gasteiger partial charge < -0.3 is 4.74 Å². The predicted octanol–water partition coefficient (Wildman–Crippen LogP) is 3.02. The van der Waals surface area contributed by atoms with E-state index in [2.05, 4.69) is 6.58 Å². The van der Waals surface area contributed by atoms with E-state index < -0.39 is 0 Å². The summed E-state index contributed by atoms with van der Waals surface area (Å²) in [4.78, 5) is 10.8. The second-order valence-corrected chi connectivity index (χ2v) is 3.43. The molecule has 2 heteroatoms. The summed E-state index contributed by atoms with van der Waals surface area (Å²) in [6.07, 6.45) is 5.21. The van der Waals surface area contributed by atoms with Gasteiger partial charge in [-0.1, -0.05) is 23.8 Å². The highest BCUT2D eigenvalue weighted by Crippen LogP contribution is 2.06. The van der Waals surface area contributed by atoms with Gasteiger partial charge in [0.2, 0.25) is 0 Å². The molecule has 0 heterocycles. The fourth-order valence-electron chi connectivity index (χ4n) is 0.963. The van der Waals surface area contributed by atoms with Crippen molar-refractivity contribution in [1.82, 2.24) is 0 Å². The van der Waals surface area contributed by atoms with Crippen molar-refractivity contribution >= 4 is 5.97 Å². The fourth-order valence-corrected chi connectivity index (χ4v) is 0.963. The number of hydrogen-bond acceptors (Lipinski definition) is 2. The summed E-state index contributed by atoms with van der Waals surface area (Å²) in [7, 11) is 0. The van der Waals surface area contributed by atoms with Crippen LogP contribution >= 0.6 is 0 Å². The molecule has 0 bridgehead atoms. The fraction of sp³-hybridized carbons (Fsp3) is 0.417. The van der Waals surface area contributed by atoms with Gasteiger partial charge in [-0.2, -0.15) is 0 Å². The van der Waals surface area contributed by atoms with Crippen LogP contribution in [0.2, 0.25) is 0 Å². The Morgan fingerprint density at radius 1 is 1.21 bits per heavy atom. The average Bonchev–Trinajstić information content (AvgIpc) is 2.01. The van der Waals surface area contributed by atoms with Gasteiger partial charge in [0.15, 0.2) is 0 Å². The van der Waals surface area contributed by atoms with Gasteiger partial charge in [0.25, 0.3) is 0 Å². The van der Waals surface area contributed by atoms with Crippen LogP contribution in [-0.2, 0) is 9.53 Å². The molecule has 0 rings (SSSR count). The zero-order valence-corrected chi connectivity index (χ0v) is 9.33. The number of carbonyl (C=O) groups is 1. The zero-order valence-electron chi connectivity index (χ0n) is 9.33. The molecule has 14 heavy (non-hydrogen) atoms. The summed E-state index contributed by atoms with van der Waals surface area (Å²) in [6, 6.07) is 0. The Labute approximate surface area is 86.0 Å². The van der Waals surface area contributed by atoms with Crippen LogP contribution in [0.3, 0.4) is 0 Å². The zero-order chi connectivity index (χ0) is 11.1. The molecule has 0 aromatic carbocycles. The Morgan fingerprint density at radius 3 is 2.14 bits per heavy atom. The van der Waals surface area contributed by atoms with E-state index >= 15 is 0 Å². The highest BCUT2D eigenvalue weighted by molar-refractivity contribution is 5.66. The van der Waals surface area contributed by atoms with Gasteiger partial charge in [-0.25, -0.2) is 0 Å². The number of allylic oxidation sites excluding steroid dienone is 3. The number of carbonyl (C=O) groups excluding carboxylic acids is 1. The third-order valence-electron chi connectivity index (χ3n) is 1.55. The molecule has 2 nitrogen and oxygen atoms in total. The lowest BCUT2D eigenvalue weighted by Gasteiger charge is -2.10. The van der Waals surface area contributed by atoms with E-state index in [1.165, 1.54) is 6.92 Å². The maximum Gasteiger partial charge on any atom is 0.303 e. The van der Waals surface area contributed by atoms with Crippen LogP contribution in [0.5, 0.6) is 0 Å². The van der Waals surface area contributed by atoms with Gasteiger partial charge in [-0.15, -0.1) is 0 Å². The Kier molecular flexibility index (Phi) is 5.61. The summed E-state index contributed by atoms with van der Waals surface area (Å²) < 4.78 is 5.09. The largest absolute Gasteiger partial charge is 0.454 e. The molecule has 78 valence electrons. The first-order valence-electron chi connectivity index (χ1n) is 4.58. The van der Waals surface area contributed by atoms with E-state index in [4.69, 9.17) is 4.74 Å². The summed E-state index contributed by atoms with van der Waals surface area (Å²) in [5.74, 6) is -0.277. The highest BCUT2D eigenvalue weighted by atomic mass is 16.5. The number of rotatable bonds is 4. The van der Waals surface area contributed by atoms with Gasteiger partial charge in [0.05, 0.1) is 0 Å².